The molecule has 0 amide bonds. The average molecular weight is 468 g/mol. The maximum atomic E-state index is 5.97. The third kappa shape index (κ3) is 4.00. The molecule has 5 rings (SSSR count). The predicted octanol–water partition coefficient (Wildman–Crippen LogP) is 4.15. The highest BCUT2D eigenvalue weighted by Gasteiger charge is 2.30. The van der Waals surface area contributed by atoms with E-state index < -0.39 is 0 Å². The second-order valence-electron chi connectivity index (χ2n) is 8.47. The van der Waals surface area contributed by atoms with Gasteiger partial charge in [-0.1, -0.05) is 5.16 Å². The molecule has 0 bridgehead atoms. The van der Waals surface area contributed by atoms with Crippen molar-refractivity contribution in [2.24, 2.45) is 5.16 Å². The van der Waals surface area contributed by atoms with Gasteiger partial charge in [-0.3, -0.25) is 0 Å². The van der Waals surface area contributed by atoms with Gasteiger partial charge in [-0.25, -0.2) is 14.5 Å². The van der Waals surface area contributed by atoms with E-state index in [-0.39, 0.29) is 12.2 Å². The number of methoxy groups -OCH3 is 2. The molecule has 4 heterocycles. The Morgan fingerprint density at radius 1 is 1.24 bits per heavy atom. The number of oxime groups is 1. The highest BCUT2D eigenvalue weighted by Crippen LogP contribution is 2.39. The van der Waals surface area contributed by atoms with Crippen LogP contribution in [-0.4, -0.2) is 45.1 Å². The molecule has 0 aliphatic carbocycles. The third-order valence-corrected chi connectivity index (χ3v) is 6.76. The van der Waals surface area contributed by atoms with E-state index in [1.165, 1.54) is 10.4 Å². The zero-order valence-electron chi connectivity index (χ0n) is 19.2. The summed E-state index contributed by atoms with van der Waals surface area (Å²) in [5.41, 5.74) is 3.41. The lowest BCUT2D eigenvalue weighted by molar-refractivity contribution is -0.0379. The van der Waals surface area contributed by atoms with Gasteiger partial charge in [-0.15, -0.1) is 16.4 Å². The summed E-state index contributed by atoms with van der Waals surface area (Å²) in [6, 6.07) is 5.60. The zero-order chi connectivity index (χ0) is 23.2. The highest BCUT2D eigenvalue weighted by molar-refractivity contribution is 7.19. The van der Waals surface area contributed by atoms with Crippen molar-refractivity contribution < 1.29 is 19.0 Å². The fraction of sp³-hybridized carbons (Fsp3) is 0.391. The van der Waals surface area contributed by atoms with E-state index >= 15 is 0 Å². The van der Waals surface area contributed by atoms with Crippen LogP contribution in [0.3, 0.4) is 0 Å². The summed E-state index contributed by atoms with van der Waals surface area (Å²) in [4.78, 5) is 17.1. The Balaban J connectivity index is 1.39. The van der Waals surface area contributed by atoms with E-state index in [0.29, 0.717) is 29.6 Å². The normalized spacial score (nSPS) is 15.6. The van der Waals surface area contributed by atoms with Crippen molar-refractivity contribution in [2.75, 3.05) is 14.2 Å². The van der Waals surface area contributed by atoms with Gasteiger partial charge >= 0.3 is 0 Å². The topological polar surface area (TPSA) is 92.4 Å². The average Bonchev–Trinajstić information content (AvgIpc) is 3.38. The molecule has 9 nitrogen and oxygen atoms in total. The Morgan fingerprint density at radius 3 is 2.85 bits per heavy atom. The second-order valence-corrected chi connectivity index (χ2v) is 9.55. The molecule has 4 aromatic rings. The summed E-state index contributed by atoms with van der Waals surface area (Å²) in [5, 5.41) is 9.82. The summed E-state index contributed by atoms with van der Waals surface area (Å²) in [7, 11) is 3.21. The van der Waals surface area contributed by atoms with Gasteiger partial charge < -0.3 is 19.0 Å². The minimum absolute atomic E-state index is 0.148. The van der Waals surface area contributed by atoms with Gasteiger partial charge in [0, 0.05) is 16.9 Å². The number of nitrogens with zero attached hydrogens (tertiary/aromatic N) is 5. The number of hydrogen-bond acceptors (Lipinski definition) is 9. The Bertz CT molecular complexity index is 1370. The van der Waals surface area contributed by atoms with Crippen molar-refractivity contribution in [3.63, 3.8) is 0 Å². The van der Waals surface area contributed by atoms with Gasteiger partial charge in [0.1, 0.15) is 11.2 Å². The van der Waals surface area contributed by atoms with Crippen molar-refractivity contribution >= 4 is 32.9 Å². The predicted molar refractivity (Wildman–Crippen MR) is 125 cm³/mol. The maximum Gasteiger partial charge on any atom is 0.192 e. The van der Waals surface area contributed by atoms with E-state index in [1.54, 1.807) is 36.4 Å². The Kier molecular flexibility index (Phi) is 5.41. The zero-order valence-corrected chi connectivity index (χ0v) is 20.0. The van der Waals surface area contributed by atoms with Gasteiger partial charge in [0.15, 0.2) is 29.6 Å². The molecule has 1 aliphatic heterocycles. The maximum absolute atomic E-state index is 5.97. The summed E-state index contributed by atoms with van der Waals surface area (Å²) in [6.07, 6.45) is 2.51. The molecule has 10 heteroatoms. The third-order valence-electron chi connectivity index (χ3n) is 5.65. The molecule has 0 saturated heterocycles. The monoisotopic (exact) mass is 467 g/mol. The van der Waals surface area contributed by atoms with Gasteiger partial charge in [0.2, 0.25) is 0 Å². The van der Waals surface area contributed by atoms with Crippen LogP contribution in [0.25, 0.3) is 15.9 Å². The molecule has 0 N–H and O–H groups in total. The smallest absolute Gasteiger partial charge is 0.192 e. The first kappa shape index (κ1) is 21.6. The van der Waals surface area contributed by atoms with E-state index in [2.05, 4.69) is 29.1 Å². The molecule has 0 saturated carbocycles. The Morgan fingerprint density at radius 2 is 2.06 bits per heavy atom. The molecule has 1 aliphatic rings. The number of thiophene rings is 1. The van der Waals surface area contributed by atoms with Crippen LogP contribution in [0.5, 0.6) is 11.5 Å². The molecule has 33 heavy (non-hydrogen) atoms. The summed E-state index contributed by atoms with van der Waals surface area (Å²) in [6.45, 7) is 6.83. The van der Waals surface area contributed by atoms with Crippen LogP contribution in [0.2, 0.25) is 0 Å². The van der Waals surface area contributed by atoms with Crippen LogP contribution < -0.4 is 9.47 Å². The minimum Gasteiger partial charge on any atom is -0.493 e. The van der Waals surface area contributed by atoms with Gasteiger partial charge in [0.25, 0.3) is 0 Å². The molecule has 0 unspecified atom stereocenters. The highest BCUT2D eigenvalue weighted by atomic mass is 32.1. The Labute approximate surface area is 195 Å². The van der Waals surface area contributed by atoms with E-state index in [0.717, 1.165) is 27.8 Å². The summed E-state index contributed by atoms with van der Waals surface area (Å²) >= 11 is 1.66. The van der Waals surface area contributed by atoms with Gasteiger partial charge in [-0.05, 0) is 44.5 Å². The molecule has 3 aromatic heterocycles. The number of aromatic nitrogens is 4. The van der Waals surface area contributed by atoms with Crippen molar-refractivity contribution in [3.05, 3.63) is 46.4 Å². The fourth-order valence-corrected chi connectivity index (χ4v) is 5.01. The second kappa shape index (κ2) is 8.27. The molecular formula is C23H25N5O4S. The first-order valence-electron chi connectivity index (χ1n) is 10.6. The van der Waals surface area contributed by atoms with E-state index in [4.69, 9.17) is 24.0 Å². The SMILES string of the molecule is COc1ccc(/C(C)=N/OCc2nc3c4c5c(sc4ncn3n2)COC(C)(C)C5)cc1OC. The number of benzene rings is 1. The lowest BCUT2D eigenvalue weighted by atomic mass is 9.94. The van der Waals surface area contributed by atoms with Crippen LogP contribution in [0.15, 0.2) is 29.7 Å². The quantitative estimate of drug-likeness (QED) is 0.311. The molecule has 0 radical (unpaired) electrons. The molecule has 0 fully saturated rings. The van der Waals surface area contributed by atoms with Crippen LogP contribution in [-0.2, 0) is 29.2 Å². The molecule has 172 valence electrons. The largest absolute Gasteiger partial charge is 0.493 e. The van der Waals surface area contributed by atoms with Gasteiger partial charge in [-0.2, -0.15) is 0 Å². The van der Waals surface area contributed by atoms with Crippen LogP contribution in [0, 0.1) is 0 Å². The first-order chi connectivity index (χ1) is 15.9. The summed E-state index contributed by atoms with van der Waals surface area (Å²) < 4.78 is 18.3. The lowest BCUT2D eigenvalue weighted by Crippen LogP contribution is -2.31. The Hall–Kier alpha value is -3.24. The lowest BCUT2D eigenvalue weighted by Gasteiger charge is -2.30. The number of rotatable bonds is 6. The van der Waals surface area contributed by atoms with Crippen molar-refractivity contribution in [3.8, 4) is 11.5 Å². The fourth-order valence-electron chi connectivity index (χ4n) is 3.95. The van der Waals surface area contributed by atoms with Crippen LogP contribution in [0.1, 0.15) is 42.6 Å². The van der Waals surface area contributed by atoms with Crippen molar-refractivity contribution in [1.29, 1.82) is 0 Å². The number of hydrogen-bond donors (Lipinski definition) is 0. The number of fused-ring (bicyclic) bond motifs is 5. The van der Waals surface area contributed by atoms with Crippen molar-refractivity contribution in [2.45, 2.75) is 46.0 Å². The van der Waals surface area contributed by atoms with E-state index in [9.17, 15) is 0 Å². The molecular weight excluding hydrogens is 442 g/mol. The number of ether oxygens (including phenoxy) is 3. The first-order valence-corrected chi connectivity index (χ1v) is 11.4. The standard InChI is InChI=1S/C23H25N5O4S/c1-13(14-6-7-16(29-4)17(8-14)30-5)27-32-11-19-25-21-20-15-9-23(2,3)31-10-18(15)33-22(20)24-12-28(21)26-19/h6-8,12H,9-11H2,1-5H3/b27-13+. The summed E-state index contributed by atoms with van der Waals surface area (Å²) in [5.74, 6) is 1.84. The van der Waals surface area contributed by atoms with Gasteiger partial charge in [0.05, 0.1) is 37.5 Å². The van der Waals surface area contributed by atoms with Crippen molar-refractivity contribution in [1.82, 2.24) is 19.6 Å². The van der Waals surface area contributed by atoms with Crippen LogP contribution in [0.4, 0.5) is 0 Å². The van der Waals surface area contributed by atoms with Crippen LogP contribution >= 0.6 is 11.3 Å². The minimum atomic E-state index is -0.212. The van der Waals surface area contributed by atoms with E-state index in [1.807, 2.05) is 25.1 Å². The molecule has 1 aromatic carbocycles. The molecule has 0 spiro atoms. The molecule has 0 atom stereocenters.